The molecule has 0 amide bonds. The first-order valence-electron chi connectivity index (χ1n) is 2.96. The van der Waals surface area contributed by atoms with E-state index in [4.69, 9.17) is 0 Å². The highest BCUT2D eigenvalue weighted by Crippen LogP contribution is 1.91. The minimum absolute atomic E-state index is 0.408. The number of hydrogen-bond acceptors (Lipinski definition) is 3. The molecule has 4 nitrogen and oxygen atoms in total. The third kappa shape index (κ3) is 1.89. The van der Waals surface area contributed by atoms with Crippen LogP contribution in [-0.4, -0.2) is 23.0 Å². The van der Waals surface area contributed by atoms with Crippen LogP contribution in [0, 0.1) is 0 Å². The molecule has 1 aromatic rings. The fraction of sp³-hybridized carbons (Fsp3) is 0.333. The summed E-state index contributed by atoms with van der Waals surface area (Å²) in [5.41, 5.74) is 0.974. The van der Waals surface area contributed by atoms with E-state index in [0.717, 1.165) is 5.69 Å². The van der Waals surface area contributed by atoms with Crippen LogP contribution in [-0.2, 0) is 16.0 Å². The molecule has 0 aliphatic carbocycles. The van der Waals surface area contributed by atoms with Crippen LogP contribution in [0.5, 0.6) is 0 Å². The van der Waals surface area contributed by atoms with Crippen molar-refractivity contribution in [2.24, 2.45) is 0 Å². The van der Waals surface area contributed by atoms with Gasteiger partial charge in [-0.05, 0) is 0 Å². The van der Waals surface area contributed by atoms with Crippen molar-refractivity contribution in [2.75, 3.05) is 6.61 Å². The third-order valence-corrected chi connectivity index (χ3v) is 1.11. The van der Waals surface area contributed by atoms with Crippen molar-refractivity contribution in [1.82, 2.24) is 9.97 Å². The first-order valence-corrected chi connectivity index (χ1v) is 2.96. The van der Waals surface area contributed by atoms with Gasteiger partial charge in [-0.3, -0.25) is 4.79 Å². The second kappa shape index (κ2) is 3.66. The SMILES string of the molecule is O=COCCc1cnc[nH]1. The number of aromatic nitrogens is 2. The molecule has 1 heterocycles. The normalized spacial score (nSPS) is 9.20. The number of aromatic amines is 1. The zero-order valence-electron chi connectivity index (χ0n) is 5.41. The number of hydrogen-bond donors (Lipinski definition) is 1. The maximum absolute atomic E-state index is 9.69. The summed E-state index contributed by atoms with van der Waals surface area (Å²) in [5.74, 6) is 0. The summed E-state index contributed by atoms with van der Waals surface area (Å²) < 4.78 is 4.48. The molecule has 0 aliphatic heterocycles. The molecule has 1 rings (SSSR count). The van der Waals surface area contributed by atoms with Crippen LogP contribution in [0.2, 0.25) is 0 Å². The van der Waals surface area contributed by atoms with Gasteiger partial charge in [0.2, 0.25) is 0 Å². The highest BCUT2D eigenvalue weighted by Gasteiger charge is 1.91. The molecule has 1 N–H and O–H groups in total. The largest absolute Gasteiger partial charge is 0.467 e. The second-order valence-electron chi connectivity index (χ2n) is 1.79. The molecule has 0 radical (unpaired) electrons. The maximum atomic E-state index is 9.69. The van der Waals surface area contributed by atoms with Gasteiger partial charge in [0.25, 0.3) is 6.47 Å². The van der Waals surface area contributed by atoms with E-state index in [2.05, 4.69) is 14.7 Å². The fourth-order valence-corrected chi connectivity index (χ4v) is 0.638. The molecule has 0 bridgehead atoms. The summed E-state index contributed by atoms with van der Waals surface area (Å²) in [4.78, 5) is 16.4. The zero-order chi connectivity index (χ0) is 7.23. The molecule has 0 fully saturated rings. The van der Waals surface area contributed by atoms with Crippen LogP contribution in [0.15, 0.2) is 12.5 Å². The van der Waals surface area contributed by atoms with Crippen LogP contribution in [0.3, 0.4) is 0 Å². The van der Waals surface area contributed by atoms with E-state index in [1.165, 1.54) is 0 Å². The molecule has 10 heavy (non-hydrogen) atoms. The van der Waals surface area contributed by atoms with Crippen molar-refractivity contribution in [2.45, 2.75) is 6.42 Å². The van der Waals surface area contributed by atoms with Gasteiger partial charge in [0, 0.05) is 18.3 Å². The van der Waals surface area contributed by atoms with E-state index in [0.29, 0.717) is 19.5 Å². The Labute approximate surface area is 58.2 Å². The van der Waals surface area contributed by atoms with E-state index in [1.54, 1.807) is 12.5 Å². The predicted octanol–water partition coefficient (Wildman–Crippen LogP) is 0.125. The summed E-state index contributed by atoms with van der Waals surface area (Å²) in [7, 11) is 0. The topological polar surface area (TPSA) is 55.0 Å². The van der Waals surface area contributed by atoms with Crippen LogP contribution in [0.4, 0.5) is 0 Å². The Morgan fingerprint density at radius 2 is 2.70 bits per heavy atom. The van der Waals surface area contributed by atoms with Crippen molar-refractivity contribution in [1.29, 1.82) is 0 Å². The number of carbonyl (C=O) groups excluding carboxylic acids is 1. The zero-order valence-corrected chi connectivity index (χ0v) is 5.41. The van der Waals surface area contributed by atoms with Crippen LogP contribution >= 0.6 is 0 Å². The fourth-order valence-electron chi connectivity index (χ4n) is 0.638. The van der Waals surface area contributed by atoms with Gasteiger partial charge in [-0.1, -0.05) is 0 Å². The standard InChI is InChI=1S/C6H8N2O2/c9-5-10-2-1-6-3-7-4-8-6/h3-5H,1-2H2,(H,7,8). The quantitative estimate of drug-likeness (QED) is 0.477. The molecular weight excluding hydrogens is 132 g/mol. The van der Waals surface area contributed by atoms with E-state index in [1.807, 2.05) is 0 Å². The lowest BCUT2D eigenvalue weighted by Crippen LogP contribution is -1.96. The Bertz CT molecular complexity index is 184. The Balaban J connectivity index is 2.21. The first kappa shape index (κ1) is 6.80. The van der Waals surface area contributed by atoms with Crippen molar-refractivity contribution in [3.8, 4) is 0 Å². The lowest BCUT2D eigenvalue weighted by Gasteiger charge is -1.93. The molecule has 0 spiro atoms. The summed E-state index contributed by atoms with van der Waals surface area (Å²) in [6.45, 7) is 0.849. The van der Waals surface area contributed by atoms with E-state index in [-0.39, 0.29) is 0 Å². The van der Waals surface area contributed by atoms with Crippen LogP contribution in [0.25, 0.3) is 0 Å². The van der Waals surface area contributed by atoms with Crippen molar-refractivity contribution in [3.63, 3.8) is 0 Å². The number of carbonyl (C=O) groups is 1. The summed E-state index contributed by atoms with van der Waals surface area (Å²) in [6.07, 6.45) is 3.99. The van der Waals surface area contributed by atoms with Crippen molar-refractivity contribution in [3.05, 3.63) is 18.2 Å². The molecular formula is C6H8N2O2. The number of nitrogens with one attached hydrogen (secondary N) is 1. The number of rotatable bonds is 4. The maximum Gasteiger partial charge on any atom is 0.293 e. The number of nitrogens with zero attached hydrogens (tertiary/aromatic N) is 1. The number of imidazole rings is 1. The smallest absolute Gasteiger partial charge is 0.293 e. The average molecular weight is 140 g/mol. The lowest BCUT2D eigenvalue weighted by atomic mass is 10.4. The van der Waals surface area contributed by atoms with Gasteiger partial charge in [0.1, 0.15) is 0 Å². The first-order chi connectivity index (χ1) is 4.93. The molecule has 0 saturated heterocycles. The van der Waals surface area contributed by atoms with E-state index >= 15 is 0 Å². The molecule has 0 saturated carbocycles. The Kier molecular flexibility index (Phi) is 2.49. The predicted molar refractivity (Wildman–Crippen MR) is 34.3 cm³/mol. The Morgan fingerprint density at radius 3 is 3.30 bits per heavy atom. The summed E-state index contributed by atoms with van der Waals surface area (Å²) in [5, 5.41) is 0. The van der Waals surface area contributed by atoms with Gasteiger partial charge >= 0.3 is 0 Å². The monoisotopic (exact) mass is 140 g/mol. The van der Waals surface area contributed by atoms with Gasteiger partial charge < -0.3 is 9.72 Å². The lowest BCUT2D eigenvalue weighted by molar-refractivity contribution is -0.128. The van der Waals surface area contributed by atoms with Crippen molar-refractivity contribution < 1.29 is 9.53 Å². The molecule has 0 unspecified atom stereocenters. The van der Waals surface area contributed by atoms with Gasteiger partial charge in [0.15, 0.2) is 0 Å². The summed E-state index contributed by atoms with van der Waals surface area (Å²) in [6, 6.07) is 0. The third-order valence-electron chi connectivity index (χ3n) is 1.11. The van der Waals surface area contributed by atoms with Gasteiger partial charge in [0.05, 0.1) is 12.9 Å². The van der Waals surface area contributed by atoms with Gasteiger partial charge in [-0.15, -0.1) is 0 Å². The van der Waals surface area contributed by atoms with E-state index in [9.17, 15) is 4.79 Å². The summed E-state index contributed by atoms with van der Waals surface area (Å²) >= 11 is 0. The van der Waals surface area contributed by atoms with Gasteiger partial charge in [-0.25, -0.2) is 4.98 Å². The number of ether oxygens (including phenoxy) is 1. The van der Waals surface area contributed by atoms with E-state index < -0.39 is 0 Å². The Hall–Kier alpha value is -1.32. The molecule has 4 heteroatoms. The minimum atomic E-state index is 0.408. The second-order valence-corrected chi connectivity index (χ2v) is 1.79. The highest BCUT2D eigenvalue weighted by molar-refractivity contribution is 5.36. The molecule has 0 atom stereocenters. The van der Waals surface area contributed by atoms with Crippen LogP contribution < -0.4 is 0 Å². The average Bonchev–Trinajstić information content (AvgIpc) is 2.41. The minimum Gasteiger partial charge on any atom is -0.467 e. The molecule has 1 aromatic heterocycles. The number of H-pyrrole nitrogens is 1. The van der Waals surface area contributed by atoms with Crippen molar-refractivity contribution >= 4 is 6.47 Å². The molecule has 0 aliphatic rings. The molecule has 54 valence electrons. The van der Waals surface area contributed by atoms with Gasteiger partial charge in [-0.2, -0.15) is 0 Å². The highest BCUT2D eigenvalue weighted by atomic mass is 16.5. The van der Waals surface area contributed by atoms with Crippen LogP contribution in [0.1, 0.15) is 5.69 Å². The Morgan fingerprint density at radius 1 is 1.80 bits per heavy atom. The molecule has 0 aromatic carbocycles.